The molecule has 0 saturated heterocycles. The third-order valence-corrected chi connectivity index (χ3v) is 3.35. The van der Waals surface area contributed by atoms with Crippen LogP contribution in [-0.2, 0) is 11.3 Å². The highest BCUT2D eigenvalue weighted by molar-refractivity contribution is 5.75. The van der Waals surface area contributed by atoms with Gasteiger partial charge in [0.05, 0.1) is 0 Å². The van der Waals surface area contributed by atoms with Gasteiger partial charge in [-0.2, -0.15) is 4.80 Å². The van der Waals surface area contributed by atoms with Crippen molar-refractivity contribution in [2.24, 2.45) is 5.92 Å². The molecule has 0 bridgehead atoms. The van der Waals surface area contributed by atoms with Crippen LogP contribution in [0.25, 0.3) is 11.4 Å². The SMILES string of the molecule is CC(C)CCC(C)NC(=O)Cn1nnc(-c2ccccc2)n1. The Bertz CT molecular complexity index is 594. The third-order valence-electron chi connectivity index (χ3n) is 3.35. The molecule has 0 spiro atoms. The molecule has 1 atom stereocenters. The predicted molar refractivity (Wildman–Crippen MR) is 84.9 cm³/mol. The number of aromatic nitrogens is 4. The fourth-order valence-corrected chi connectivity index (χ4v) is 2.12. The molecule has 1 aromatic carbocycles. The van der Waals surface area contributed by atoms with Crippen LogP contribution in [0.3, 0.4) is 0 Å². The molecule has 2 rings (SSSR count). The maximum Gasteiger partial charge on any atom is 0.243 e. The smallest absolute Gasteiger partial charge is 0.243 e. The minimum absolute atomic E-state index is 0.0891. The molecule has 0 aliphatic heterocycles. The van der Waals surface area contributed by atoms with Crippen molar-refractivity contribution in [3.05, 3.63) is 30.3 Å². The Morgan fingerprint density at radius 3 is 2.59 bits per heavy atom. The Kier molecular flexibility index (Phi) is 5.63. The maximum atomic E-state index is 12.0. The van der Waals surface area contributed by atoms with Crippen LogP contribution in [0.1, 0.15) is 33.6 Å². The summed E-state index contributed by atoms with van der Waals surface area (Å²) in [6.07, 6.45) is 2.07. The molecule has 6 nitrogen and oxygen atoms in total. The van der Waals surface area contributed by atoms with E-state index in [4.69, 9.17) is 0 Å². The number of nitrogens with one attached hydrogen (secondary N) is 1. The van der Waals surface area contributed by atoms with E-state index in [1.165, 1.54) is 4.80 Å². The topological polar surface area (TPSA) is 72.7 Å². The average molecular weight is 301 g/mol. The molecule has 1 unspecified atom stereocenters. The monoisotopic (exact) mass is 301 g/mol. The number of carbonyl (C=O) groups excluding carboxylic acids is 1. The second-order valence-electron chi connectivity index (χ2n) is 5.95. The van der Waals surface area contributed by atoms with Gasteiger partial charge in [0.15, 0.2) is 0 Å². The first-order chi connectivity index (χ1) is 10.5. The molecule has 1 heterocycles. The molecule has 0 aliphatic carbocycles. The summed E-state index contributed by atoms with van der Waals surface area (Å²) in [4.78, 5) is 13.3. The number of hydrogen-bond acceptors (Lipinski definition) is 4. The second kappa shape index (κ2) is 7.68. The van der Waals surface area contributed by atoms with E-state index in [-0.39, 0.29) is 18.5 Å². The van der Waals surface area contributed by atoms with Gasteiger partial charge in [0, 0.05) is 11.6 Å². The van der Waals surface area contributed by atoms with Gasteiger partial charge < -0.3 is 5.32 Å². The van der Waals surface area contributed by atoms with E-state index in [0.717, 1.165) is 18.4 Å². The van der Waals surface area contributed by atoms with E-state index in [1.54, 1.807) is 0 Å². The molecular formula is C16H23N5O. The van der Waals surface area contributed by atoms with Gasteiger partial charge in [0.2, 0.25) is 11.7 Å². The summed E-state index contributed by atoms with van der Waals surface area (Å²) in [5.41, 5.74) is 0.888. The van der Waals surface area contributed by atoms with E-state index in [9.17, 15) is 4.79 Å². The van der Waals surface area contributed by atoms with E-state index in [0.29, 0.717) is 11.7 Å². The molecule has 0 saturated carbocycles. The number of hydrogen-bond donors (Lipinski definition) is 1. The Balaban J connectivity index is 1.86. The molecular weight excluding hydrogens is 278 g/mol. The lowest BCUT2D eigenvalue weighted by Crippen LogP contribution is -2.35. The van der Waals surface area contributed by atoms with Crippen LogP contribution in [0.2, 0.25) is 0 Å². The van der Waals surface area contributed by atoms with Crippen LogP contribution in [0, 0.1) is 5.92 Å². The van der Waals surface area contributed by atoms with Crippen molar-refractivity contribution in [1.29, 1.82) is 0 Å². The van der Waals surface area contributed by atoms with Crippen LogP contribution in [0.15, 0.2) is 30.3 Å². The number of carbonyl (C=O) groups is 1. The standard InChI is InChI=1S/C16H23N5O/c1-12(2)9-10-13(3)17-15(22)11-21-19-16(18-20-21)14-7-5-4-6-8-14/h4-8,12-13H,9-11H2,1-3H3,(H,17,22). The Morgan fingerprint density at radius 2 is 1.91 bits per heavy atom. The molecule has 0 aliphatic rings. The summed E-state index contributed by atoms with van der Waals surface area (Å²) in [6.45, 7) is 6.47. The number of nitrogens with zero attached hydrogens (tertiary/aromatic N) is 4. The Morgan fingerprint density at radius 1 is 1.18 bits per heavy atom. The summed E-state index contributed by atoms with van der Waals surface area (Å²) in [7, 11) is 0. The molecule has 1 aromatic heterocycles. The zero-order valence-corrected chi connectivity index (χ0v) is 13.4. The maximum absolute atomic E-state index is 12.0. The van der Waals surface area contributed by atoms with Gasteiger partial charge in [-0.1, -0.05) is 44.2 Å². The van der Waals surface area contributed by atoms with E-state index in [2.05, 4.69) is 34.6 Å². The predicted octanol–water partition coefficient (Wildman–Crippen LogP) is 2.28. The molecule has 0 radical (unpaired) electrons. The van der Waals surface area contributed by atoms with E-state index < -0.39 is 0 Å². The van der Waals surface area contributed by atoms with Crippen LogP contribution >= 0.6 is 0 Å². The lowest BCUT2D eigenvalue weighted by atomic mass is 10.0. The van der Waals surface area contributed by atoms with E-state index >= 15 is 0 Å². The zero-order chi connectivity index (χ0) is 15.9. The summed E-state index contributed by atoms with van der Waals surface area (Å²) in [6, 6.07) is 9.75. The highest BCUT2D eigenvalue weighted by Gasteiger charge is 2.11. The fraction of sp³-hybridized carbons (Fsp3) is 0.500. The van der Waals surface area contributed by atoms with E-state index in [1.807, 2.05) is 37.3 Å². The number of benzene rings is 1. The molecule has 0 fully saturated rings. The van der Waals surface area contributed by atoms with Gasteiger partial charge in [-0.3, -0.25) is 4.79 Å². The lowest BCUT2D eigenvalue weighted by molar-refractivity contribution is -0.122. The van der Waals surface area contributed by atoms with Crippen molar-refractivity contribution in [3.63, 3.8) is 0 Å². The minimum atomic E-state index is -0.0896. The summed E-state index contributed by atoms with van der Waals surface area (Å²) in [5, 5.41) is 15.1. The average Bonchev–Trinajstić information content (AvgIpc) is 2.94. The summed E-state index contributed by atoms with van der Waals surface area (Å²) >= 11 is 0. The van der Waals surface area contributed by atoms with Gasteiger partial charge in [-0.25, -0.2) is 0 Å². The van der Waals surface area contributed by atoms with Gasteiger partial charge in [-0.15, -0.1) is 10.2 Å². The Labute approximate surface area is 130 Å². The first-order valence-electron chi connectivity index (χ1n) is 7.67. The first kappa shape index (κ1) is 16.1. The zero-order valence-electron chi connectivity index (χ0n) is 13.4. The molecule has 2 aromatic rings. The van der Waals surface area contributed by atoms with Gasteiger partial charge >= 0.3 is 0 Å². The van der Waals surface area contributed by atoms with Gasteiger partial charge in [0.25, 0.3) is 0 Å². The molecule has 1 N–H and O–H groups in total. The summed E-state index contributed by atoms with van der Waals surface area (Å²) < 4.78 is 0. The van der Waals surface area contributed by atoms with Crippen molar-refractivity contribution >= 4 is 5.91 Å². The fourth-order valence-electron chi connectivity index (χ4n) is 2.12. The lowest BCUT2D eigenvalue weighted by Gasteiger charge is -2.14. The van der Waals surface area contributed by atoms with Crippen molar-refractivity contribution in [3.8, 4) is 11.4 Å². The van der Waals surface area contributed by atoms with Crippen LogP contribution in [0.5, 0.6) is 0 Å². The molecule has 6 heteroatoms. The largest absolute Gasteiger partial charge is 0.352 e. The molecule has 22 heavy (non-hydrogen) atoms. The van der Waals surface area contributed by atoms with Crippen molar-refractivity contribution in [2.75, 3.05) is 0 Å². The Hall–Kier alpha value is -2.24. The van der Waals surface area contributed by atoms with Crippen LogP contribution in [0.4, 0.5) is 0 Å². The number of tetrazole rings is 1. The molecule has 1 amide bonds. The van der Waals surface area contributed by atoms with Crippen LogP contribution in [-0.4, -0.2) is 32.2 Å². The van der Waals surface area contributed by atoms with Crippen molar-refractivity contribution in [1.82, 2.24) is 25.5 Å². The van der Waals surface area contributed by atoms with Gasteiger partial charge in [0.1, 0.15) is 6.54 Å². The number of amides is 1. The minimum Gasteiger partial charge on any atom is -0.352 e. The van der Waals surface area contributed by atoms with Crippen molar-refractivity contribution < 1.29 is 4.79 Å². The van der Waals surface area contributed by atoms with Gasteiger partial charge in [-0.05, 0) is 30.9 Å². The quantitative estimate of drug-likeness (QED) is 0.851. The van der Waals surface area contributed by atoms with Crippen LogP contribution < -0.4 is 5.32 Å². The third kappa shape index (κ3) is 4.95. The molecule has 118 valence electrons. The van der Waals surface area contributed by atoms with Crippen molar-refractivity contribution in [2.45, 2.75) is 46.2 Å². The first-order valence-corrected chi connectivity index (χ1v) is 7.67. The highest BCUT2D eigenvalue weighted by Crippen LogP contribution is 2.11. The summed E-state index contributed by atoms with van der Waals surface area (Å²) in [5.74, 6) is 1.08. The highest BCUT2D eigenvalue weighted by atomic mass is 16.2. The number of rotatable bonds is 7. The normalized spacial score (nSPS) is 12.4. The second-order valence-corrected chi connectivity index (χ2v) is 5.95.